The minimum atomic E-state index is -0.782. The van der Waals surface area contributed by atoms with Crippen molar-refractivity contribution in [3.05, 3.63) is 0 Å². The summed E-state index contributed by atoms with van der Waals surface area (Å²) in [5.74, 6) is -0.972. The number of methoxy groups -OCH3 is 2. The third-order valence-electron chi connectivity index (χ3n) is 2.34. The third-order valence-corrected chi connectivity index (χ3v) is 5.74. The van der Waals surface area contributed by atoms with Crippen LogP contribution in [0.5, 0.6) is 0 Å². The van der Waals surface area contributed by atoms with E-state index in [1.165, 1.54) is 14.2 Å². The molecule has 4 nitrogen and oxygen atoms in total. The molecule has 0 atom stereocenters. The molecule has 0 fully saturated rings. The van der Waals surface area contributed by atoms with Gasteiger partial charge >= 0.3 is 11.9 Å². The molecule has 0 bridgehead atoms. The zero-order valence-electron chi connectivity index (χ0n) is 10.8. The number of ether oxygens (including phenoxy) is 2. The highest BCUT2D eigenvalue weighted by molar-refractivity contribution is 7.61. The lowest BCUT2D eigenvalue weighted by molar-refractivity contribution is -0.150. The van der Waals surface area contributed by atoms with Crippen molar-refractivity contribution in [1.82, 2.24) is 0 Å². The smallest absolute Gasteiger partial charge is 0.324 e. The summed E-state index contributed by atoms with van der Waals surface area (Å²) in [7, 11) is 1.81. The van der Waals surface area contributed by atoms with E-state index >= 15 is 0 Å². The summed E-state index contributed by atoms with van der Waals surface area (Å²) in [6, 6.07) is 0. The Morgan fingerprint density at radius 3 is 1.38 bits per heavy atom. The van der Waals surface area contributed by atoms with Crippen LogP contribution in [0, 0.1) is 0 Å². The Balaban J connectivity index is 5.12. The molecule has 0 radical (unpaired) electrons. The van der Waals surface area contributed by atoms with Crippen LogP contribution in [-0.4, -0.2) is 43.1 Å². The van der Waals surface area contributed by atoms with Gasteiger partial charge in [0.05, 0.1) is 14.2 Å². The van der Waals surface area contributed by atoms with Crippen molar-refractivity contribution in [2.75, 3.05) is 14.2 Å². The van der Waals surface area contributed by atoms with Gasteiger partial charge in [-0.25, -0.2) is 0 Å². The van der Waals surface area contributed by atoms with Crippen molar-refractivity contribution in [1.29, 1.82) is 0 Å². The van der Waals surface area contributed by atoms with Crippen LogP contribution in [0.15, 0.2) is 0 Å². The summed E-state index contributed by atoms with van der Waals surface area (Å²) in [4.78, 5) is 23.3. The highest BCUT2D eigenvalue weighted by atomic mass is 31.1. The maximum atomic E-state index is 11.7. The lowest BCUT2D eigenvalue weighted by Gasteiger charge is -2.30. The predicted octanol–water partition coefficient (Wildman–Crippen LogP) is 2.00. The largest absolute Gasteiger partial charge is 0.468 e. The van der Waals surface area contributed by atoms with Gasteiger partial charge < -0.3 is 9.47 Å². The molecule has 0 heterocycles. The average Bonchev–Trinajstić information content (AvgIpc) is 2.22. The van der Waals surface area contributed by atoms with Gasteiger partial charge in [-0.05, 0) is 11.3 Å². The number of carbonyl (C=O) groups excluding carboxylic acids is 2. The first-order valence-electron chi connectivity index (χ1n) is 5.29. The van der Waals surface area contributed by atoms with Crippen LogP contribution in [0.1, 0.15) is 27.7 Å². The van der Waals surface area contributed by atoms with Crippen molar-refractivity contribution < 1.29 is 19.1 Å². The molecule has 0 aromatic heterocycles. The molecule has 0 aromatic carbocycles. The van der Waals surface area contributed by atoms with E-state index in [2.05, 4.69) is 0 Å². The van der Waals surface area contributed by atoms with Crippen LogP contribution in [0.25, 0.3) is 0 Å². The Morgan fingerprint density at radius 1 is 0.875 bits per heavy atom. The molecule has 5 heteroatoms. The fraction of sp³-hybridized carbons (Fsp3) is 0.818. The molecule has 0 amide bonds. The van der Waals surface area contributed by atoms with Crippen LogP contribution in [0.2, 0.25) is 0 Å². The third kappa shape index (κ3) is 3.75. The molecule has 94 valence electrons. The van der Waals surface area contributed by atoms with E-state index in [-0.39, 0.29) is 11.3 Å². The second-order valence-corrected chi connectivity index (χ2v) is 7.56. The molecule has 0 saturated heterocycles. The Hall–Kier alpha value is -0.630. The predicted molar refractivity (Wildman–Crippen MR) is 65.0 cm³/mol. The fourth-order valence-corrected chi connectivity index (χ4v) is 4.84. The first-order valence-corrected chi connectivity index (χ1v) is 6.84. The quantitative estimate of drug-likeness (QED) is 0.424. The summed E-state index contributed by atoms with van der Waals surface area (Å²) >= 11 is 0. The van der Waals surface area contributed by atoms with Gasteiger partial charge in [-0.1, -0.05) is 35.6 Å². The molecular weight excluding hydrogens is 227 g/mol. The summed E-state index contributed by atoms with van der Waals surface area (Å²) in [6.07, 6.45) is 0. The molecule has 0 aliphatic carbocycles. The van der Waals surface area contributed by atoms with Gasteiger partial charge in [0.1, 0.15) is 0 Å². The normalized spacial score (nSPS) is 11.4. The van der Waals surface area contributed by atoms with E-state index < -0.39 is 25.5 Å². The Morgan fingerprint density at radius 2 is 1.19 bits per heavy atom. The van der Waals surface area contributed by atoms with Crippen molar-refractivity contribution >= 4 is 19.9 Å². The lowest BCUT2D eigenvalue weighted by atomic mass is 10.4. The Labute approximate surface area is 98.4 Å². The Bertz CT molecular complexity index is 226. The number of esters is 2. The lowest BCUT2D eigenvalue weighted by Crippen LogP contribution is -2.34. The highest BCUT2D eigenvalue weighted by Gasteiger charge is 2.39. The Kier molecular flexibility index (Phi) is 6.58. The van der Waals surface area contributed by atoms with Crippen LogP contribution in [-0.2, 0) is 19.1 Å². The minimum Gasteiger partial charge on any atom is -0.468 e. The topological polar surface area (TPSA) is 52.6 Å². The molecule has 0 aliphatic heterocycles. The van der Waals surface area contributed by atoms with Crippen molar-refractivity contribution in [3.8, 4) is 0 Å². The van der Waals surface area contributed by atoms with E-state index in [0.717, 1.165) is 0 Å². The number of hydrogen-bond acceptors (Lipinski definition) is 4. The van der Waals surface area contributed by atoms with Crippen LogP contribution in [0.4, 0.5) is 0 Å². The average molecular weight is 248 g/mol. The zero-order chi connectivity index (χ0) is 12.9. The summed E-state index contributed by atoms with van der Waals surface area (Å²) < 4.78 is 9.39. The van der Waals surface area contributed by atoms with Crippen LogP contribution >= 0.6 is 7.92 Å². The van der Waals surface area contributed by atoms with Gasteiger partial charge in [0, 0.05) is 0 Å². The first kappa shape index (κ1) is 15.4. The van der Waals surface area contributed by atoms with Gasteiger partial charge in [-0.2, -0.15) is 0 Å². The van der Waals surface area contributed by atoms with E-state index in [0.29, 0.717) is 0 Å². The number of hydrogen-bond donors (Lipinski definition) is 0. The monoisotopic (exact) mass is 248 g/mol. The molecule has 0 rings (SSSR count). The van der Waals surface area contributed by atoms with E-state index in [9.17, 15) is 9.59 Å². The van der Waals surface area contributed by atoms with Crippen molar-refractivity contribution in [3.63, 3.8) is 0 Å². The summed E-state index contributed by atoms with van der Waals surface area (Å²) in [6.45, 7) is 8.07. The summed E-state index contributed by atoms with van der Waals surface area (Å²) in [5.41, 5.74) is -0.207. The van der Waals surface area contributed by atoms with Crippen LogP contribution in [0.3, 0.4) is 0 Å². The SMILES string of the molecule is COC(=O)C(C(=O)OC)P(C(C)C)C(C)C. The molecule has 0 aliphatic rings. The molecule has 16 heavy (non-hydrogen) atoms. The zero-order valence-corrected chi connectivity index (χ0v) is 11.7. The van der Waals surface area contributed by atoms with Crippen molar-refractivity contribution in [2.45, 2.75) is 44.7 Å². The molecule has 0 saturated carbocycles. The summed E-state index contributed by atoms with van der Waals surface area (Å²) in [5, 5.41) is 0. The highest BCUT2D eigenvalue weighted by Crippen LogP contribution is 2.51. The van der Waals surface area contributed by atoms with Gasteiger partial charge in [0.2, 0.25) is 0 Å². The second-order valence-electron chi connectivity index (χ2n) is 4.08. The molecule has 0 N–H and O–H groups in total. The van der Waals surface area contributed by atoms with E-state index in [1.807, 2.05) is 27.7 Å². The van der Waals surface area contributed by atoms with E-state index in [4.69, 9.17) is 9.47 Å². The maximum absolute atomic E-state index is 11.7. The molecule has 0 unspecified atom stereocenters. The van der Waals surface area contributed by atoms with E-state index in [1.54, 1.807) is 0 Å². The molecule has 0 aromatic rings. The fourth-order valence-electron chi connectivity index (χ4n) is 1.76. The number of rotatable bonds is 5. The van der Waals surface area contributed by atoms with Gasteiger partial charge in [-0.3, -0.25) is 9.59 Å². The first-order chi connectivity index (χ1) is 7.36. The maximum Gasteiger partial charge on any atom is 0.324 e. The van der Waals surface area contributed by atoms with Crippen molar-refractivity contribution in [2.24, 2.45) is 0 Å². The number of carbonyl (C=O) groups is 2. The second kappa shape index (κ2) is 6.85. The standard InChI is InChI=1S/C11H21O4P/c1-7(2)16(8(3)4)9(10(12)14-5)11(13)15-6/h7-9H,1-6H3. The molecule has 0 spiro atoms. The molecular formula is C11H21O4P. The minimum absolute atomic E-state index is 0.276. The van der Waals surface area contributed by atoms with Gasteiger partial charge in [-0.15, -0.1) is 0 Å². The van der Waals surface area contributed by atoms with Gasteiger partial charge in [0.15, 0.2) is 5.66 Å². The van der Waals surface area contributed by atoms with Crippen LogP contribution < -0.4 is 0 Å². The van der Waals surface area contributed by atoms with Gasteiger partial charge in [0.25, 0.3) is 0 Å².